The molecule has 0 bridgehead atoms. The Bertz CT molecular complexity index is 494. The van der Waals surface area contributed by atoms with Gasteiger partial charge < -0.3 is 0 Å². The van der Waals surface area contributed by atoms with Crippen LogP contribution in [0.5, 0.6) is 0 Å². The Labute approximate surface area is 87.8 Å². The summed E-state index contributed by atoms with van der Waals surface area (Å²) in [6, 6.07) is 8.02. The van der Waals surface area contributed by atoms with Crippen molar-refractivity contribution in [1.82, 2.24) is 14.8 Å². The quantitative estimate of drug-likeness (QED) is 0.738. The number of aromatic nitrogens is 3. The number of aryl methyl sites for hydroxylation is 1. The molecule has 1 aromatic heterocycles. The predicted octanol–water partition coefficient (Wildman–Crippen LogP) is 1.70. The molecule has 4 nitrogen and oxygen atoms in total. The van der Waals surface area contributed by atoms with Crippen LogP contribution in [-0.2, 0) is 6.42 Å². The molecule has 0 N–H and O–H groups in total. The van der Waals surface area contributed by atoms with Gasteiger partial charge in [-0.15, -0.1) is 10.2 Å². The van der Waals surface area contributed by atoms with Crippen LogP contribution in [0.2, 0.25) is 0 Å². The normalized spacial score (nSPS) is 9.87. The smallest absolute Gasteiger partial charge is 0.123 e. The first-order valence-electron chi connectivity index (χ1n) is 4.73. The molecule has 0 aliphatic heterocycles. The van der Waals surface area contributed by atoms with Gasteiger partial charge in [0.15, 0.2) is 0 Å². The molecule has 4 heteroatoms. The number of nitrogens with zero attached hydrogens (tertiary/aromatic N) is 4. The van der Waals surface area contributed by atoms with Crippen LogP contribution in [0.15, 0.2) is 30.9 Å². The van der Waals surface area contributed by atoms with E-state index >= 15 is 0 Å². The van der Waals surface area contributed by atoms with Gasteiger partial charge >= 0.3 is 0 Å². The maximum absolute atomic E-state index is 9.13. The molecule has 0 saturated heterocycles. The summed E-state index contributed by atoms with van der Waals surface area (Å²) in [5.74, 6) is 0. The molecule has 2 aromatic rings. The van der Waals surface area contributed by atoms with Crippen LogP contribution in [0.1, 0.15) is 18.1 Å². The van der Waals surface area contributed by atoms with E-state index in [1.54, 1.807) is 17.2 Å². The molecule has 15 heavy (non-hydrogen) atoms. The molecular weight excluding hydrogens is 188 g/mol. The average Bonchev–Trinajstić information content (AvgIpc) is 2.81. The monoisotopic (exact) mass is 198 g/mol. The van der Waals surface area contributed by atoms with Crippen LogP contribution in [0.25, 0.3) is 5.69 Å². The molecule has 0 spiro atoms. The van der Waals surface area contributed by atoms with E-state index in [1.807, 2.05) is 25.1 Å². The molecule has 0 fully saturated rings. The molecule has 0 atom stereocenters. The third-order valence-electron chi connectivity index (χ3n) is 2.32. The topological polar surface area (TPSA) is 54.5 Å². The molecule has 0 saturated carbocycles. The van der Waals surface area contributed by atoms with E-state index in [1.165, 1.54) is 0 Å². The minimum atomic E-state index is 0.694. The summed E-state index contributed by atoms with van der Waals surface area (Å²) in [5.41, 5.74) is 2.57. The number of nitriles is 1. The van der Waals surface area contributed by atoms with Crippen molar-refractivity contribution in [3.63, 3.8) is 0 Å². The number of hydrogen-bond acceptors (Lipinski definition) is 3. The highest BCUT2D eigenvalue weighted by Gasteiger charge is 2.07. The van der Waals surface area contributed by atoms with Crippen molar-refractivity contribution < 1.29 is 0 Å². The van der Waals surface area contributed by atoms with Crippen molar-refractivity contribution in [1.29, 1.82) is 5.26 Å². The molecule has 0 aliphatic rings. The molecule has 0 unspecified atom stereocenters. The van der Waals surface area contributed by atoms with Crippen LogP contribution >= 0.6 is 0 Å². The van der Waals surface area contributed by atoms with E-state index in [2.05, 4.69) is 16.3 Å². The zero-order chi connectivity index (χ0) is 10.7. The minimum absolute atomic E-state index is 0.694. The Morgan fingerprint density at radius 2 is 2.07 bits per heavy atom. The van der Waals surface area contributed by atoms with Gasteiger partial charge in [-0.25, -0.2) is 0 Å². The van der Waals surface area contributed by atoms with Crippen LogP contribution in [0.4, 0.5) is 0 Å². The van der Waals surface area contributed by atoms with Gasteiger partial charge in [-0.2, -0.15) is 5.26 Å². The van der Waals surface area contributed by atoms with Crippen molar-refractivity contribution in [3.05, 3.63) is 42.0 Å². The zero-order valence-corrected chi connectivity index (χ0v) is 8.38. The third kappa shape index (κ3) is 1.59. The minimum Gasteiger partial charge on any atom is -0.287 e. The summed E-state index contributed by atoms with van der Waals surface area (Å²) in [7, 11) is 0. The molecule has 0 radical (unpaired) electrons. The molecule has 2 rings (SSSR count). The summed E-state index contributed by atoms with van der Waals surface area (Å²) >= 11 is 0. The molecule has 0 aliphatic carbocycles. The summed E-state index contributed by atoms with van der Waals surface area (Å²) in [5, 5.41) is 16.6. The van der Waals surface area contributed by atoms with E-state index in [0.717, 1.165) is 17.7 Å². The van der Waals surface area contributed by atoms with Crippen LogP contribution in [0, 0.1) is 11.3 Å². The highest BCUT2D eigenvalue weighted by atomic mass is 15.2. The lowest BCUT2D eigenvalue weighted by molar-refractivity contribution is 1.03. The zero-order valence-electron chi connectivity index (χ0n) is 8.38. The second-order valence-corrected chi connectivity index (χ2v) is 3.15. The molecule has 0 amide bonds. The fourth-order valence-electron chi connectivity index (χ4n) is 1.55. The Kier molecular flexibility index (Phi) is 2.46. The highest BCUT2D eigenvalue weighted by Crippen LogP contribution is 2.17. The van der Waals surface area contributed by atoms with E-state index in [-0.39, 0.29) is 0 Å². The SMILES string of the molecule is CCc1cccc(-n2cnnc2)c1C#N. The van der Waals surface area contributed by atoms with Gasteiger partial charge in [0.1, 0.15) is 18.7 Å². The summed E-state index contributed by atoms with van der Waals surface area (Å²) in [6.07, 6.45) is 4.03. The van der Waals surface area contributed by atoms with Crippen LogP contribution in [-0.4, -0.2) is 14.8 Å². The molecule has 74 valence electrons. The predicted molar refractivity (Wildman–Crippen MR) is 55.5 cm³/mol. The lowest BCUT2D eigenvalue weighted by Crippen LogP contribution is -1.98. The number of rotatable bonds is 2. The fraction of sp³-hybridized carbons (Fsp3) is 0.182. The summed E-state index contributed by atoms with van der Waals surface area (Å²) in [4.78, 5) is 0. The number of hydrogen-bond donors (Lipinski definition) is 0. The Morgan fingerprint density at radius 3 is 2.67 bits per heavy atom. The van der Waals surface area contributed by atoms with Gasteiger partial charge in [0.05, 0.1) is 11.3 Å². The molecule has 1 aromatic carbocycles. The second-order valence-electron chi connectivity index (χ2n) is 3.15. The summed E-state index contributed by atoms with van der Waals surface area (Å²) in [6.45, 7) is 2.03. The first-order valence-corrected chi connectivity index (χ1v) is 4.73. The fourth-order valence-corrected chi connectivity index (χ4v) is 1.55. The average molecular weight is 198 g/mol. The van der Waals surface area contributed by atoms with Crippen LogP contribution < -0.4 is 0 Å². The van der Waals surface area contributed by atoms with Gasteiger partial charge in [-0.3, -0.25) is 4.57 Å². The van der Waals surface area contributed by atoms with Gasteiger partial charge in [-0.05, 0) is 18.1 Å². The molecular formula is C11H10N4. The highest BCUT2D eigenvalue weighted by molar-refractivity contribution is 5.53. The Hall–Kier alpha value is -2.15. The first-order chi connectivity index (χ1) is 7.36. The lowest BCUT2D eigenvalue weighted by Gasteiger charge is -2.07. The standard InChI is InChI=1S/C11H10N4/c1-2-9-4-3-5-11(10(9)6-12)15-7-13-14-8-15/h3-5,7-8H,2H2,1H3. The largest absolute Gasteiger partial charge is 0.287 e. The van der Waals surface area contributed by atoms with Gasteiger partial charge in [-0.1, -0.05) is 19.1 Å². The maximum Gasteiger partial charge on any atom is 0.123 e. The van der Waals surface area contributed by atoms with E-state index < -0.39 is 0 Å². The van der Waals surface area contributed by atoms with E-state index in [4.69, 9.17) is 5.26 Å². The van der Waals surface area contributed by atoms with Crippen molar-refractivity contribution >= 4 is 0 Å². The van der Waals surface area contributed by atoms with Gasteiger partial charge in [0, 0.05) is 0 Å². The third-order valence-corrected chi connectivity index (χ3v) is 2.32. The Morgan fingerprint density at radius 1 is 1.33 bits per heavy atom. The second kappa shape index (κ2) is 3.93. The lowest BCUT2D eigenvalue weighted by atomic mass is 10.0. The van der Waals surface area contributed by atoms with Gasteiger partial charge in [0.25, 0.3) is 0 Å². The Balaban J connectivity index is 2.63. The maximum atomic E-state index is 9.13. The summed E-state index contributed by atoms with van der Waals surface area (Å²) < 4.78 is 1.75. The van der Waals surface area contributed by atoms with Crippen molar-refractivity contribution in [2.24, 2.45) is 0 Å². The van der Waals surface area contributed by atoms with Crippen LogP contribution in [0.3, 0.4) is 0 Å². The first kappa shape index (κ1) is 9.41. The van der Waals surface area contributed by atoms with Crippen molar-refractivity contribution in [2.45, 2.75) is 13.3 Å². The van der Waals surface area contributed by atoms with E-state index in [0.29, 0.717) is 5.56 Å². The van der Waals surface area contributed by atoms with Crippen molar-refractivity contribution in [3.8, 4) is 11.8 Å². The van der Waals surface area contributed by atoms with Crippen molar-refractivity contribution in [2.75, 3.05) is 0 Å². The molecule has 1 heterocycles. The van der Waals surface area contributed by atoms with E-state index in [9.17, 15) is 0 Å². The van der Waals surface area contributed by atoms with Gasteiger partial charge in [0.2, 0.25) is 0 Å². The number of benzene rings is 1.